The second-order valence-electron chi connectivity index (χ2n) is 14.9. The summed E-state index contributed by atoms with van der Waals surface area (Å²) < 4.78 is 6.54. The zero-order valence-electron chi connectivity index (χ0n) is 31.7. The Kier molecular flexibility index (Phi) is 8.19. The van der Waals surface area contributed by atoms with Crippen molar-refractivity contribution in [3.8, 4) is 44.5 Å². The molecule has 11 aromatic rings. The van der Waals surface area contributed by atoms with Crippen molar-refractivity contribution in [1.29, 1.82) is 0 Å². The lowest BCUT2D eigenvalue weighted by Gasteiger charge is -2.29. The molecular formula is C56H37NO. The molecule has 11 rings (SSSR count). The predicted molar refractivity (Wildman–Crippen MR) is 245 cm³/mol. The Bertz CT molecular complexity index is 3270. The summed E-state index contributed by atoms with van der Waals surface area (Å²) in [4.78, 5) is 2.40. The fourth-order valence-electron chi connectivity index (χ4n) is 8.62. The molecule has 0 unspecified atom stereocenters. The van der Waals surface area contributed by atoms with Crippen LogP contribution >= 0.6 is 0 Å². The van der Waals surface area contributed by atoms with Crippen molar-refractivity contribution < 1.29 is 4.42 Å². The third-order valence-corrected chi connectivity index (χ3v) is 11.4. The molecule has 10 aromatic carbocycles. The number of nitrogens with zero attached hydrogens (tertiary/aromatic N) is 1. The third kappa shape index (κ3) is 5.91. The number of hydrogen-bond acceptors (Lipinski definition) is 2. The van der Waals surface area contributed by atoms with E-state index in [9.17, 15) is 0 Å². The summed E-state index contributed by atoms with van der Waals surface area (Å²) in [5.74, 6) is 0. The molecule has 2 heteroatoms. The van der Waals surface area contributed by atoms with Gasteiger partial charge in [0.1, 0.15) is 11.2 Å². The van der Waals surface area contributed by atoms with Crippen molar-refractivity contribution in [2.45, 2.75) is 0 Å². The van der Waals surface area contributed by atoms with Crippen molar-refractivity contribution in [1.82, 2.24) is 0 Å². The first-order valence-corrected chi connectivity index (χ1v) is 19.8. The third-order valence-electron chi connectivity index (χ3n) is 11.4. The second-order valence-corrected chi connectivity index (χ2v) is 14.9. The summed E-state index contributed by atoms with van der Waals surface area (Å²) in [6.07, 6.45) is 0. The second kappa shape index (κ2) is 14.1. The normalized spacial score (nSPS) is 11.4. The van der Waals surface area contributed by atoms with E-state index < -0.39 is 0 Å². The minimum absolute atomic E-state index is 0.888. The van der Waals surface area contributed by atoms with Gasteiger partial charge in [-0.25, -0.2) is 0 Å². The molecule has 0 spiro atoms. The molecule has 0 bridgehead atoms. The van der Waals surface area contributed by atoms with Crippen molar-refractivity contribution in [2.75, 3.05) is 4.90 Å². The molecule has 1 heterocycles. The minimum Gasteiger partial charge on any atom is -0.456 e. The molecule has 0 saturated carbocycles. The number of anilines is 3. The zero-order valence-corrected chi connectivity index (χ0v) is 31.7. The van der Waals surface area contributed by atoms with Gasteiger partial charge >= 0.3 is 0 Å². The number of rotatable bonds is 7. The van der Waals surface area contributed by atoms with Gasteiger partial charge in [0.05, 0.1) is 5.69 Å². The highest BCUT2D eigenvalue weighted by atomic mass is 16.3. The lowest BCUT2D eigenvalue weighted by molar-refractivity contribution is 0.669. The van der Waals surface area contributed by atoms with Crippen LogP contribution in [0, 0.1) is 0 Å². The van der Waals surface area contributed by atoms with Crippen LogP contribution in [0.25, 0.3) is 88.0 Å². The van der Waals surface area contributed by atoms with Crippen LogP contribution in [0.1, 0.15) is 0 Å². The molecule has 58 heavy (non-hydrogen) atoms. The van der Waals surface area contributed by atoms with Gasteiger partial charge in [0.2, 0.25) is 0 Å². The van der Waals surface area contributed by atoms with Crippen LogP contribution in [0.2, 0.25) is 0 Å². The van der Waals surface area contributed by atoms with E-state index in [4.69, 9.17) is 4.42 Å². The van der Waals surface area contributed by atoms with E-state index in [-0.39, 0.29) is 0 Å². The van der Waals surface area contributed by atoms with E-state index in [0.29, 0.717) is 0 Å². The molecule has 0 N–H and O–H groups in total. The Balaban J connectivity index is 1.07. The Labute approximate surface area is 337 Å². The first-order chi connectivity index (χ1) is 28.7. The summed E-state index contributed by atoms with van der Waals surface area (Å²) >= 11 is 0. The van der Waals surface area contributed by atoms with E-state index in [1.165, 1.54) is 55.1 Å². The average Bonchev–Trinajstić information content (AvgIpc) is 3.67. The molecule has 0 aliphatic rings. The minimum atomic E-state index is 0.888. The van der Waals surface area contributed by atoms with Gasteiger partial charge in [-0.05, 0) is 110 Å². The molecule has 0 aliphatic heterocycles. The van der Waals surface area contributed by atoms with Gasteiger partial charge in [0.15, 0.2) is 0 Å². The van der Waals surface area contributed by atoms with Crippen LogP contribution in [-0.4, -0.2) is 0 Å². The Hall–Kier alpha value is -7.68. The summed E-state index contributed by atoms with van der Waals surface area (Å²) in [6, 6.07) is 80.7. The van der Waals surface area contributed by atoms with Gasteiger partial charge < -0.3 is 9.32 Å². The topological polar surface area (TPSA) is 16.4 Å². The lowest BCUT2D eigenvalue weighted by atomic mass is 9.91. The van der Waals surface area contributed by atoms with Crippen LogP contribution in [0.4, 0.5) is 17.1 Å². The summed E-state index contributed by atoms with van der Waals surface area (Å²) in [5.41, 5.74) is 14.5. The smallest absolute Gasteiger partial charge is 0.136 e. The van der Waals surface area contributed by atoms with Gasteiger partial charge in [-0.15, -0.1) is 0 Å². The van der Waals surface area contributed by atoms with Crippen molar-refractivity contribution >= 4 is 60.5 Å². The quantitative estimate of drug-likeness (QED) is 0.162. The highest BCUT2D eigenvalue weighted by Crippen LogP contribution is 2.48. The van der Waals surface area contributed by atoms with E-state index in [2.05, 4.69) is 223 Å². The van der Waals surface area contributed by atoms with E-state index in [1.54, 1.807) is 0 Å². The fourth-order valence-corrected chi connectivity index (χ4v) is 8.62. The average molecular weight is 740 g/mol. The maximum Gasteiger partial charge on any atom is 0.136 e. The molecule has 0 amide bonds. The summed E-state index contributed by atoms with van der Waals surface area (Å²) in [6.45, 7) is 0. The van der Waals surface area contributed by atoms with Gasteiger partial charge in [0, 0.05) is 33.3 Å². The molecule has 0 aliphatic carbocycles. The summed E-state index contributed by atoms with van der Waals surface area (Å²) in [7, 11) is 0. The van der Waals surface area contributed by atoms with E-state index in [1.807, 2.05) is 6.07 Å². The molecule has 2 nitrogen and oxygen atoms in total. The number of hydrogen-bond donors (Lipinski definition) is 0. The van der Waals surface area contributed by atoms with Crippen LogP contribution in [0.15, 0.2) is 229 Å². The molecule has 0 fully saturated rings. The van der Waals surface area contributed by atoms with Crippen LogP contribution < -0.4 is 4.90 Å². The Morgan fingerprint density at radius 1 is 0.310 bits per heavy atom. The van der Waals surface area contributed by atoms with Crippen LogP contribution in [-0.2, 0) is 0 Å². The number of benzene rings is 10. The van der Waals surface area contributed by atoms with Gasteiger partial charge in [-0.3, -0.25) is 0 Å². The molecule has 0 saturated heterocycles. The highest BCUT2D eigenvalue weighted by Gasteiger charge is 2.22. The largest absolute Gasteiger partial charge is 0.456 e. The SMILES string of the molecule is c1ccc(-c2ccc(N(c3ccc(-c4cccc(-c5ccc6ccccc6c5)c4)cc3)c3ccccc3-c3c4ccccc4cc4oc5ccccc5c34)cc2)cc1. The fraction of sp³-hybridized carbons (Fsp3) is 0. The predicted octanol–water partition coefficient (Wildman–Crippen LogP) is 16.0. The molecule has 0 atom stereocenters. The first-order valence-electron chi connectivity index (χ1n) is 19.8. The van der Waals surface area contributed by atoms with Crippen LogP contribution in [0.3, 0.4) is 0 Å². The number of furan rings is 1. The maximum atomic E-state index is 6.54. The molecular weight excluding hydrogens is 703 g/mol. The van der Waals surface area contributed by atoms with Crippen molar-refractivity contribution in [2.24, 2.45) is 0 Å². The van der Waals surface area contributed by atoms with E-state index >= 15 is 0 Å². The van der Waals surface area contributed by atoms with Crippen LogP contribution in [0.5, 0.6) is 0 Å². The Morgan fingerprint density at radius 3 is 1.62 bits per heavy atom. The standard InChI is InChI=1S/C56H37NO/c1-2-13-38(14-3-1)40-27-31-47(32-28-40)57(48-33-29-41(30-34-48)43-18-12-19-44(35-43)45-26-25-39-15-4-5-16-42(39)36-45)52-23-10-8-21-50(52)55-49-20-7-6-17-46(49)37-54-56(55)51-22-9-11-24-53(51)58-54/h1-37H. The van der Waals surface area contributed by atoms with E-state index in [0.717, 1.165) is 50.0 Å². The number of fused-ring (bicyclic) bond motifs is 5. The first kappa shape index (κ1) is 33.6. The maximum absolute atomic E-state index is 6.54. The zero-order chi connectivity index (χ0) is 38.4. The Morgan fingerprint density at radius 2 is 0.845 bits per heavy atom. The van der Waals surface area contributed by atoms with Gasteiger partial charge in [-0.1, -0.05) is 170 Å². The van der Waals surface area contributed by atoms with Crippen molar-refractivity contribution in [3.63, 3.8) is 0 Å². The van der Waals surface area contributed by atoms with Crippen molar-refractivity contribution in [3.05, 3.63) is 224 Å². The molecule has 1 aromatic heterocycles. The number of para-hydroxylation sites is 2. The molecule has 272 valence electrons. The highest BCUT2D eigenvalue weighted by molar-refractivity contribution is 6.22. The monoisotopic (exact) mass is 739 g/mol. The van der Waals surface area contributed by atoms with Gasteiger partial charge in [0.25, 0.3) is 0 Å². The lowest BCUT2D eigenvalue weighted by Crippen LogP contribution is -2.11. The molecule has 0 radical (unpaired) electrons. The summed E-state index contributed by atoms with van der Waals surface area (Å²) in [5, 5.41) is 7.08. The van der Waals surface area contributed by atoms with Gasteiger partial charge in [-0.2, -0.15) is 0 Å².